The van der Waals surface area contributed by atoms with Crippen molar-refractivity contribution in [1.29, 1.82) is 0 Å². The van der Waals surface area contributed by atoms with E-state index < -0.39 is 11.7 Å². The fraction of sp³-hybridized carbons (Fsp3) is 0.217. The van der Waals surface area contributed by atoms with Crippen LogP contribution in [0.1, 0.15) is 11.1 Å². The third kappa shape index (κ3) is 5.40. The number of methoxy groups -OCH3 is 1. The number of nitrogens with one attached hydrogen (secondary N) is 1. The van der Waals surface area contributed by atoms with Crippen LogP contribution in [0.15, 0.2) is 48.7 Å². The molecule has 0 saturated heterocycles. The van der Waals surface area contributed by atoms with Crippen LogP contribution in [-0.4, -0.2) is 29.4 Å². The monoisotopic (exact) mass is 443 g/mol. The van der Waals surface area contributed by atoms with Gasteiger partial charge in [0.25, 0.3) is 0 Å². The van der Waals surface area contributed by atoms with E-state index in [1.54, 1.807) is 31.4 Å². The first-order chi connectivity index (χ1) is 15.2. The summed E-state index contributed by atoms with van der Waals surface area (Å²) in [6, 6.07) is 9.62. The molecule has 2 aromatic carbocycles. The SMILES string of the molecule is C#CCOc1ccc(-c2nn(C)cc2NC(=O)Cc2ccc(C(F)(F)F)cc2)cc1OC. The van der Waals surface area contributed by atoms with Gasteiger partial charge in [0.15, 0.2) is 11.5 Å². The Morgan fingerprint density at radius 2 is 1.91 bits per heavy atom. The first kappa shape index (κ1) is 22.7. The van der Waals surface area contributed by atoms with Crippen molar-refractivity contribution in [2.24, 2.45) is 7.05 Å². The molecular weight excluding hydrogens is 423 g/mol. The average Bonchev–Trinajstić information content (AvgIpc) is 3.11. The highest BCUT2D eigenvalue weighted by Crippen LogP contribution is 2.35. The minimum Gasteiger partial charge on any atom is -0.493 e. The number of benzene rings is 2. The lowest BCUT2D eigenvalue weighted by Crippen LogP contribution is -2.15. The third-order valence-electron chi connectivity index (χ3n) is 4.50. The van der Waals surface area contributed by atoms with Crippen molar-refractivity contribution in [3.05, 3.63) is 59.8 Å². The van der Waals surface area contributed by atoms with E-state index in [9.17, 15) is 18.0 Å². The van der Waals surface area contributed by atoms with Crippen LogP contribution >= 0.6 is 0 Å². The minimum atomic E-state index is -4.42. The number of alkyl halides is 3. The molecule has 9 heteroatoms. The molecule has 1 aromatic heterocycles. The number of carbonyl (C=O) groups is 1. The van der Waals surface area contributed by atoms with E-state index in [2.05, 4.69) is 16.3 Å². The summed E-state index contributed by atoms with van der Waals surface area (Å²) in [5, 5.41) is 7.16. The molecule has 6 nitrogen and oxygen atoms in total. The Morgan fingerprint density at radius 1 is 1.19 bits per heavy atom. The second-order valence-electron chi connectivity index (χ2n) is 6.84. The number of halogens is 3. The molecule has 0 aliphatic heterocycles. The zero-order chi connectivity index (χ0) is 23.3. The second kappa shape index (κ2) is 9.47. The van der Waals surface area contributed by atoms with Gasteiger partial charge < -0.3 is 14.8 Å². The molecule has 0 saturated carbocycles. The number of amides is 1. The van der Waals surface area contributed by atoms with Gasteiger partial charge in [0, 0.05) is 18.8 Å². The van der Waals surface area contributed by atoms with Crippen molar-refractivity contribution in [2.75, 3.05) is 19.0 Å². The Balaban J connectivity index is 1.78. The standard InChI is InChI=1S/C23H20F3N3O3/c1-4-11-32-19-10-7-16(13-20(19)31-3)22-18(14-29(2)28-22)27-21(30)12-15-5-8-17(9-6-15)23(24,25)26/h1,5-10,13-14H,11-12H2,2-3H3,(H,27,30). The Kier molecular flexibility index (Phi) is 6.73. The van der Waals surface area contributed by atoms with Crippen molar-refractivity contribution >= 4 is 11.6 Å². The van der Waals surface area contributed by atoms with Gasteiger partial charge in [-0.3, -0.25) is 9.48 Å². The number of hydrogen-bond acceptors (Lipinski definition) is 4. The second-order valence-corrected chi connectivity index (χ2v) is 6.84. The molecule has 0 aliphatic carbocycles. The van der Waals surface area contributed by atoms with E-state index in [1.165, 1.54) is 23.9 Å². The summed E-state index contributed by atoms with van der Waals surface area (Å²) in [5.41, 5.74) is 1.30. The Labute approximate surface area is 183 Å². The van der Waals surface area contributed by atoms with Gasteiger partial charge in [0.2, 0.25) is 5.91 Å². The summed E-state index contributed by atoms with van der Waals surface area (Å²) in [6.45, 7) is 0.0878. The van der Waals surface area contributed by atoms with E-state index in [0.717, 1.165) is 12.1 Å². The lowest BCUT2D eigenvalue weighted by molar-refractivity contribution is -0.137. The molecular formula is C23H20F3N3O3. The molecule has 0 unspecified atom stereocenters. The molecule has 166 valence electrons. The Bertz CT molecular complexity index is 1150. The lowest BCUT2D eigenvalue weighted by Gasteiger charge is -2.11. The first-order valence-electron chi connectivity index (χ1n) is 9.45. The van der Waals surface area contributed by atoms with Gasteiger partial charge in [-0.25, -0.2) is 0 Å². The number of carbonyl (C=O) groups excluding carboxylic acids is 1. The van der Waals surface area contributed by atoms with Crippen LogP contribution in [0, 0.1) is 12.3 Å². The number of nitrogens with zero attached hydrogens (tertiary/aromatic N) is 2. The maximum Gasteiger partial charge on any atom is 0.416 e. The van der Waals surface area contributed by atoms with Crippen molar-refractivity contribution in [1.82, 2.24) is 9.78 Å². The largest absolute Gasteiger partial charge is 0.493 e. The summed E-state index contributed by atoms with van der Waals surface area (Å²) in [7, 11) is 3.20. The molecule has 0 fully saturated rings. The predicted octanol–water partition coefficient (Wildman–Crippen LogP) is 4.31. The van der Waals surface area contributed by atoms with Gasteiger partial charge in [0.1, 0.15) is 12.3 Å². The quantitative estimate of drug-likeness (QED) is 0.553. The number of aryl methyl sites for hydroxylation is 1. The van der Waals surface area contributed by atoms with Crippen molar-refractivity contribution in [2.45, 2.75) is 12.6 Å². The van der Waals surface area contributed by atoms with Crippen LogP contribution in [-0.2, 0) is 24.4 Å². The maximum atomic E-state index is 12.7. The van der Waals surface area contributed by atoms with Crippen molar-refractivity contribution in [3.63, 3.8) is 0 Å². The van der Waals surface area contributed by atoms with Crippen molar-refractivity contribution < 1.29 is 27.4 Å². The van der Waals surface area contributed by atoms with Gasteiger partial charge in [0.05, 0.1) is 24.8 Å². The minimum absolute atomic E-state index is 0.0878. The van der Waals surface area contributed by atoms with Gasteiger partial charge >= 0.3 is 6.18 Å². The van der Waals surface area contributed by atoms with E-state index in [1.807, 2.05) is 0 Å². The number of aromatic nitrogens is 2. The smallest absolute Gasteiger partial charge is 0.416 e. The van der Waals surface area contributed by atoms with Crippen LogP contribution < -0.4 is 14.8 Å². The number of ether oxygens (including phenoxy) is 2. The van der Waals surface area contributed by atoms with E-state index in [-0.39, 0.29) is 18.9 Å². The number of hydrogen-bond donors (Lipinski definition) is 1. The first-order valence-corrected chi connectivity index (χ1v) is 9.45. The summed E-state index contributed by atoms with van der Waals surface area (Å²) in [4.78, 5) is 12.5. The van der Waals surface area contributed by atoms with Gasteiger partial charge in [-0.1, -0.05) is 18.1 Å². The predicted molar refractivity (Wildman–Crippen MR) is 113 cm³/mol. The van der Waals surface area contributed by atoms with Gasteiger partial charge in [-0.15, -0.1) is 6.42 Å². The highest BCUT2D eigenvalue weighted by Gasteiger charge is 2.30. The van der Waals surface area contributed by atoms with E-state index in [4.69, 9.17) is 15.9 Å². The highest BCUT2D eigenvalue weighted by molar-refractivity contribution is 5.95. The third-order valence-corrected chi connectivity index (χ3v) is 4.50. The molecule has 3 rings (SSSR count). The summed E-state index contributed by atoms with van der Waals surface area (Å²) >= 11 is 0. The molecule has 0 spiro atoms. The normalized spacial score (nSPS) is 11.0. The van der Waals surface area contributed by atoms with Crippen LogP contribution in [0.25, 0.3) is 11.3 Å². The molecule has 0 radical (unpaired) electrons. The Morgan fingerprint density at radius 3 is 2.53 bits per heavy atom. The maximum absolute atomic E-state index is 12.7. The van der Waals surface area contributed by atoms with E-state index in [0.29, 0.717) is 34.0 Å². The van der Waals surface area contributed by atoms with Crippen molar-refractivity contribution in [3.8, 4) is 35.1 Å². The molecule has 1 heterocycles. The van der Waals surface area contributed by atoms with Gasteiger partial charge in [-0.2, -0.15) is 18.3 Å². The Hall–Kier alpha value is -3.93. The highest BCUT2D eigenvalue weighted by atomic mass is 19.4. The topological polar surface area (TPSA) is 65.4 Å². The number of anilines is 1. The van der Waals surface area contributed by atoms with Crippen LogP contribution in [0.4, 0.5) is 18.9 Å². The molecule has 32 heavy (non-hydrogen) atoms. The number of rotatable bonds is 7. The molecule has 0 bridgehead atoms. The summed E-state index contributed by atoms with van der Waals surface area (Å²) in [5.74, 6) is 2.91. The average molecular weight is 443 g/mol. The zero-order valence-corrected chi connectivity index (χ0v) is 17.4. The van der Waals surface area contributed by atoms with E-state index >= 15 is 0 Å². The fourth-order valence-electron chi connectivity index (χ4n) is 3.04. The van der Waals surface area contributed by atoms with Crippen LogP contribution in [0.5, 0.6) is 11.5 Å². The van der Waals surface area contributed by atoms with Gasteiger partial charge in [-0.05, 0) is 35.9 Å². The lowest BCUT2D eigenvalue weighted by atomic mass is 10.1. The summed E-state index contributed by atoms with van der Waals surface area (Å²) < 4.78 is 50.4. The zero-order valence-electron chi connectivity index (χ0n) is 17.4. The molecule has 1 amide bonds. The molecule has 3 aromatic rings. The molecule has 0 aliphatic rings. The van der Waals surface area contributed by atoms with Crippen LogP contribution in [0.3, 0.4) is 0 Å². The van der Waals surface area contributed by atoms with Crippen LogP contribution in [0.2, 0.25) is 0 Å². The fourth-order valence-corrected chi connectivity index (χ4v) is 3.04. The molecule has 0 atom stereocenters. The molecule has 1 N–H and O–H groups in total. The number of terminal acetylenes is 1. The summed E-state index contributed by atoms with van der Waals surface area (Å²) in [6.07, 6.45) is 2.34.